The summed E-state index contributed by atoms with van der Waals surface area (Å²) >= 11 is 0. The Balaban J connectivity index is 2.08. The molecule has 0 amide bonds. The molecule has 70 valence electrons. The average molecular weight is 186 g/mol. The maximum Gasteiger partial charge on any atom is 0.219 e. The van der Waals surface area contributed by atoms with Gasteiger partial charge in [0.1, 0.15) is 11.9 Å². The molecule has 0 aliphatic carbocycles. The van der Waals surface area contributed by atoms with E-state index in [1.54, 1.807) is 0 Å². The van der Waals surface area contributed by atoms with Gasteiger partial charge in [0, 0.05) is 5.56 Å². The van der Waals surface area contributed by atoms with Crippen LogP contribution in [0, 0.1) is 11.8 Å². The lowest BCUT2D eigenvalue weighted by atomic mass is 10.2. The number of hydrogen-bond donors (Lipinski definition) is 3. The number of rotatable bonds is 0. The highest BCUT2D eigenvalue weighted by Crippen LogP contribution is 1.96. The lowest BCUT2D eigenvalue weighted by Crippen LogP contribution is -2.88. The van der Waals surface area contributed by atoms with Crippen LogP contribution in [0.1, 0.15) is 5.56 Å². The molecule has 1 unspecified atom stereocenters. The molecule has 1 aliphatic heterocycles. The molecule has 1 atom stereocenters. The topological polar surface area (TPSA) is 54.7 Å². The zero-order chi connectivity index (χ0) is 9.80. The van der Waals surface area contributed by atoms with Gasteiger partial charge in [-0.05, 0) is 18.1 Å². The molecule has 14 heavy (non-hydrogen) atoms. The maximum absolute atomic E-state index is 5.61. The Hall–Kier alpha value is -1.76. The standard InChI is InChI=1S/C11H11N3/c12-11-13-8-10(14-11)7-6-9-4-2-1-3-5-9/h1-5,8,11,13-14H,12H2/p+1. The Morgan fingerprint density at radius 1 is 1.21 bits per heavy atom. The van der Waals surface area contributed by atoms with Crippen molar-refractivity contribution >= 4 is 0 Å². The number of nitrogens with one attached hydrogen (secondary N) is 1. The first-order valence-corrected chi connectivity index (χ1v) is 4.49. The second kappa shape index (κ2) is 3.97. The van der Waals surface area contributed by atoms with Crippen LogP contribution in [0.5, 0.6) is 0 Å². The van der Waals surface area contributed by atoms with Gasteiger partial charge in [-0.25, -0.2) is 0 Å². The first-order chi connectivity index (χ1) is 6.84. The van der Waals surface area contributed by atoms with Gasteiger partial charge in [0.25, 0.3) is 0 Å². The zero-order valence-corrected chi connectivity index (χ0v) is 7.70. The van der Waals surface area contributed by atoms with E-state index in [1.807, 2.05) is 41.8 Å². The minimum Gasteiger partial charge on any atom is -0.312 e. The van der Waals surface area contributed by atoms with Crippen LogP contribution in [-0.4, -0.2) is 6.29 Å². The van der Waals surface area contributed by atoms with Crippen LogP contribution in [0.2, 0.25) is 0 Å². The van der Waals surface area contributed by atoms with E-state index in [0.717, 1.165) is 11.3 Å². The Morgan fingerprint density at radius 3 is 2.64 bits per heavy atom. The molecule has 0 saturated carbocycles. The van der Waals surface area contributed by atoms with Crippen molar-refractivity contribution in [1.29, 1.82) is 0 Å². The molecule has 0 spiro atoms. The molecule has 2 rings (SSSR count). The molecule has 1 aromatic carbocycles. The fourth-order valence-electron chi connectivity index (χ4n) is 1.21. The molecule has 5 N–H and O–H groups in total. The fourth-order valence-corrected chi connectivity index (χ4v) is 1.21. The molecule has 1 heterocycles. The molecule has 1 aromatic rings. The number of quaternary nitrogens is 1. The van der Waals surface area contributed by atoms with Gasteiger partial charge in [0.2, 0.25) is 6.29 Å². The third-order valence-corrected chi connectivity index (χ3v) is 1.91. The fraction of sp³-hybridized carbons (Fsp3) is 0.0909. The van der Waals surface area contributed by atoms with Gasteiger partial charge in [-0.2, -0.15) is 0 Å². The molecule has 0 radical (unpaired) electrons. The van der Waals surface area contributed by atoms with Crippen LogP contribution < -0.4 is 16.4 Å². The Morgan fingerprint density at radius 2 is 2.00 bits per heavy atom. The van der Waals surface area contributed by atoms with Gasteiger partial charge in [0.05, 0.1) is 0 Å². The molecular formula is C11H12N3+. The Bertz CT molecular complexity index is 398. The number of nitrogens with two attached hydrogens (primary N) is 2. The summed E-state index contributed by atoms with van der Waals surface area (Å²) in [6.07, 6.45) is 1.82. The minimum atomic E-state index is -0.0879. The van der Waals surface area contributed by atoms with E-state index >= 15 is 0 Å². The zero-order valence-electron chi connectivity index (χ0n) is 7.70. The van der Waals surface area contributed by atoms with Gasteiger partial charge < -0.3 is 5.32 Å². The number of hydrogen-bond acceptors (Lipinski definition) is 2. The molecule has 0 saturated heterocycles. The summed E-state index contributed by atoms with van der Waals surface area (Å²) in [6.45, 7) is 0. The summed E-state index contributed by atoms with van der Waals surface area (Å²) in [4.78, 5) is 0. The van der Waals surface area contributed by atoms with Crippen LogP contribution in [0.25, 0.3) is 0 Å². The first kappa shape index (κ1) is 8.82. The molecule has 3 nitrogen and oxygen atoms in total. The van der Waals surface area contributed by atoms with Gasteiger partial charge in [-0.1, -0.05) is 24.1 Å². The highest BCUT2D eigenvalue weighted by atomic mass is 15.3. The largest absolute Gasteiger partial charge is 0.312 e. The maximum atomic E-state index is 5.61. The SMILES string of the molecule is NC1NC(C#Cc2ccccc2)=C[NH2+]1. The highest BCUT2D eigenvalue weighted by Gasteiger charge is 2.11. The first-order valence-electron chi connectivity index (χ1n) is 4.49. The van der Waals surface area contributed by atoms with Crippen molar-refractivity contribution in [3.8, 4) is 11.8 Å². The van der Waals surface area contributed by atoms with Crippen LogP contribution >= 0.6 is 0 Å². The molecule has 0 fully saturated rings. The van der Waals surface area contributed by atoms with E-state index < -0.39 is 0 Å². The van der Waals surface area contributed by atoms with Gasteiger partial charge in [0.15, 0.2) is 0 Å². The van der Waals surface area contributed by atoms with Crippen LogP contribution in [0.4, 0.5) is 0 Å². The van der Waals surface area contributed by atoms with Crippen molar-refractivity contribution < 1.29 is 5.32 Å². The van der Waals surface area contributed by atoms with Crippen molar-refractivity contribution in [2.45, 2.75) is 6.29 Å². The van der Waals surface area contributed by atoms with E-state index in [2.05, 4.69) is 17.2 Å². The normalized spacial score (nSPS) is 19.2. The van der Waals surface area contributed by atoms with Crippen LogP contribution in [0.15, 0.2) is 42.2 Å². The van der Waals surface area contributed by atoms with Crippen molar-refractivity contribution in [2.75, 3.05) is 0 Å². The summed E-state index contributed by atoms with van der Waals surface area (Å²) < 4.78 is 0. The smallest absolute Gasteiger partial charge is 0.219 e. The van der Waals surface area contributed by atoms with Crippen molar-refractivity contribution in [1.82, 2.24) is 5.32 Å². The second-order valence-corrected chi connectivity index (χ2v) is 3.06. The van der Waals surface area contributed by atoms with Gasteiger partial charge in [-0.3, -0.25) is 11.1 Å². The van der Waals surface area contributed by atoms with Gasteiger partial charge >= 0.3 is 0 Å². The molecule has 0 bridgehead atoms. The lowest BCUT2D eigenvalue weighted by Gasteiger charge is -1.97. The summed E-state index contributed by atoms with van der Waals surface area (Å²) in [5.74, 6) is 6.07. The monoisotopic (exact) mass is 186 g/mol. The van der Waals surface area contributed by atoms with Crippen molar-refractivity contribution in [3.63, 3.8) is 0 Å². The van der Waals surface area contributed by atoms with Crippen molar-refractivity contribution in [2.24, 2.45) is 5.73 Å². The average Bonchev–Trinajstić information content (AvgIpc) is 2.63. The van der Waals surface area contributed by atoms with E-state index in [-0.39, 0.29) is 6.29 Å². The van der Waals surface area contributed by atoms with Gasteiger partial charge in [-0.15, -0.1) is 0 Å². The molecular weight excluding hydrogens is 174 g/mol. The Labute approximate surface area is 83.0 Å². The molecule has 1 aliphatic rings. The predicted octanol–water partition coefficient (Wildman–Crippen LogP) is -0.712. The minimum absolute atomic E-state index is 0.0879. The predicted molar refractivity (Wildman–Crippen MR) is 54.4 cm³/mol. The van der Waals surface area contributed by atoms with E-state index in [9.17, 15) is 0 Å². The molecule has 0 aromatic heterocycles. The number of benzene rings is 1. The van der Waals surface area contributed by atoms with E-state index in [0.29, 0.717) is 0 Å². The Kier molecular flexibility index (Phi) is 2.50. The number of allylic oxidation sites excluding steroid dienone is 1. The summed E-state index contributed by atoms with van der Waals surface area (Å²) in [7, 11) is 0. The van der Waals surface area contributed by atoms with E-state index in [4.69, 9.17) is 5.73 Å². The summed E-state index contributed by atoms with van der Waals surface area (Å²) in [5, 5.41) is 4.92. The van der Waals surface area contributed by atoms with E-state index in [1.165, 1.54) is 0 Å². The quantitative estimate of drug-likeness (QED) is 0.469. The summed E-state index contributed by atoms with van der Waals surface area (Å²) in [5.41, 5.74) is 7.49. The van der Waals surface area contributed by atoms with Crippen molar-refractivity contribution in [3.05, 3.63) is 47.8 Å². The third-order valence-electron chi connectivity index (χ3n) is 1.91. The summed E-state index contributed by atoms with van der Waals surface area (Å²) in [6, 6.07) is 9.87. The highest BCUT2D eigenvalue weighted by molar-refractivity contribution is 5.39. The second-order valence-electron chi connectivity index (χ2n) is 3.06. The lowest BCUT2D eigenvalue weighted by molar-refractivity contribution is -0.620. The van der Waals surface area contributed by atoms with Crippen LogP contribution in [0.3, 0.4) is 0 Å². The van der Waals surface area contributed by atoms with Crippen LogP contribution in [-0.2, 0) is 0 Å². The molecule has 3 heteroatoms. The third kappa shape index (κ3) is 2.13.